The van der Waals surface area contributed by atoms with Gasteiger partial charge in [0, 0.05) is 51.2 Å². The van der Waals surface area contributed by atoms with Gasteiger partial charge in [0.1, 0.15) is 11.6 Å². The van der Waals surface area contributed by atoms with Crippen LogP contribution < -0.4 is 4.90 Å². The van der Waals surface area contributed by atoms with Crippen LogP contribution in [0.4, 0.5) is 5.69 Å². The Labute approximate surface area is 162 Å². The molecule has 1 aromatic carbocycles. The molecule has 1 amide bonds. The molecule has 0 spiro atoms. The number of piperazine rings is 1. The van der Waals surface area contributed by atoms with Gasteiger partial charge in [-0.3, -0.25) is 4.79 Å². The van der Waals surface area contributed by atoms with Gasteiger partial charge in [0.2, 0.25) is 0 Å². The molecule has 0 N–H and O–H groups in total. The molecule has 0 aromatic heterocycles. The summed E-state index contributed by atoms with van der Waals surface area (Å²) in [5.74, 6) is 0.558. The monoisotopic (exact) mass is 366 g/mol. The number of likely N-dealkylation sites (tertiary alicyclic amines) is 1. The first kappa shape index (κ1) is 19.3. The van der Waals surface area contributed by atoms with E-state index in [-0.39, 0.29) is 11.5 Å². The Morgan fingerprint density at radius 1 is 1.11 bits per heavy atom. The largest absolute Gasteiger partial charge is 0.373 e. The van der Waals surface area contributed by atoms with Gasteiger partial charge in [-0.05, 0) is 49.8 Å². The van der Waals surface area contributed by atoms with Crippen LogP contribution in [0.2, 0.25) is 0 Å². The van der Waals surface area contributed by atoms with E-state index in [1.807, 2.05) is 4.90 Å². The maximum absolute atomic E-state index is 12.7. The van der Waals surface area contributed by atoms with E-state index in [2.05, 4.69) is 54.8 Å². The van der Waals surface area contributed by atoms with Crippen molar-refractivity contribution in [2.24, 2.45) is 5.92 Å². The highest BCUT2D eigenvalue weighted by molar-refractivity contribution is 5.97. The van der Waals surface area contributed by atoms with Crippen LogP contribution in [0.5, 0.6) is 0 Å². The fraction of sp³-hybridized carbons (Fsp3) is 0.545. The Kier molecular flexibility index (Phi) is 6.05. The Bertz CT molecular complexity index is 748. The number of carbonyl (C=O) groups excluding carboxylic acids is 1. The number of nitriles is 1. The second kappa shape index (κ2) is 8.47. The van der Waals surface area contributed by atoms with E-state index >= 15 is 0 Å². The maximum Gasteiger partial charge on any atom is 0.266 e. The number of rotatable bonds is 3. The molecule has 2 aliphatic heterocycles. The molecule has 3 rings (SSSR count). The van der Waals surface area contributed by atoms with E-state index in [1.165, 1.54) is 16.8 Å². The Morgan fingerprint density at radius 3 is 2.41 bits per heavy atom. The van der Waals surface area contributed by atoms with Crippen molar-refractivity contribution in [2.75, 3.05) is 44.2 Å². The number of carbonyl (C=O) groups is 1. The van der Waals surface area contributed by atoms with Crippen LogP contribution in [0.15, 0.2) is 30.0 Å². The number of amides is 1. The van der Waals surface area contributed by atoms with E-state index in [9.17, 15) is 10.1 Å². The summed E-state index contributed by atoms with van der Waals surface area (Å²) in [6, 6.07) is 8.56. The third kappa shape index (κ3) is 4.44. The molecule has 0 aliphatic carbocycles. The van der Waals surface area contributed by atoms with E-state index in [0.29, 0.717) is 5.92 Å². The zero-order valence-corrected chi connectivity index (χ0v) is 16.7. The van der Waals surface area contributed by atoms with Crippen molar-refractivity contribution in [3.8, 4) is 6.07 Å². The molecule has 144 valence electrons. The summed E-state index contributed by atoms with van der Waals surface area (Å²) in [4.78, 5) is 19.0. The van der Waals surface area contributed by atoms with E-state index in [4.69, 9.17) is 0 Å². The van der Waals surface area contributed by atoms with Crippen molar-refractivity contribution in [3.05, 3.63) is 41.1 Å². The molecular weight excluding hydrogens is 336 g/mol. The van der Waals surface area contributed by atoms with Gasteiger partial charge in [0.15, 0.2) is 0 Å². The second-order valence-electron chi connectivity index (χ2n) is 7.87. The highest BCUT2D eigenvalue weighted by Crippen LogP contribution is 2.24. The topological polar surface area (TPSA) is 50.6 Å². The molecule has 0 saturated carbocycles. The van der Waals surface area contributed by atoms with Crippen LogP contribution in [-0.4, -0.2) is 55.0 Å². The number of aryl methyl sites for hydroxylation is 1. The standard InChI is InChI=1S/C22H30N4O/c1-17-7-9-26(10-8-17)22(27)20(15-23)16-24-11-13-25(14-12-24)21-6-4-5-18(2)19(21)3/h4-6,16-17H,7-14H2,1-3H3/b20-16-. The van der Waals surface area contributed by atoms with Gasteiger partial charge >= 0.3 is 0 Å². The van der Waals surface area contributed by atoms with E-state index < -0.39 is 0 Å². The lowest BCUT2D eigenvalue weighted by molar-refractivity contribution is -0.128. The smallest absolute Gasteiger partial charge is 0.266 e. The molecule has 0 radical (unpaired) electrons. The summed E-state index contributed by atoms with van der Waals surface area (Å²) in [5, 5.41) is 9.50. The molecule has 2 fully saturated rings. The second-order valence-corrected chi connectivity index (χ2v) is 7.87. The highest BCUT2D eigenvalue weighted by Gasteiger charge is 2.24. The van der Waals surface area contributed by atoms with Crippen LogP contribution in [-0.2, 0) is 4.79 Å². The van der Waals surface area contributed by atoms with Crippen molar-refractivity contribution in [2.45, 2.75) is 33.6 Å². The number of piperidine rings is 1. The predicted molar refractivity (Wildman–Crippen MR) is 108 cm³/mol. The maximum atomic E-state index is 12.7. The van der Waals surface area contributed by atoms with Crippen LogP contribution >= 0.6 is 0 Å². The Hall–Kier alpha value is -2.48. The molecule has 5 nitrogen and oxygen atoms in total. The summed E-state index contributed by atoms with van der Waals surface area (Å²) < 4.78 is 0. The number of nitrogens with zero attached hydrogens (tertiary/aromatic N) is 4. The number of anilines is 1. The minimum absolute atomic E-state index is 0.110. The van der Waals surface area contributed by atoms with Crippen molar-refractivity contribution < 1.29 is 4.79 Å². The quantitative estimate of drug-likeness (QED) is 0.609. The third-order valence-corrected chi connectivity index (χ3v) is 5.96. The number of hydrogen-bond acceptors (Lipinski definition) is 4. The first-order valence-corrected chi connectivity index (χ1v) is 9.96. The third-order valence-electron chi connectivity index (χ3n) is 5.96. The molecule has 0 unspecified atom stereocenters. The fourth-order valence-corrected chi connectivity index (χ4v) is 3.87. The Morgan fingerprint density at radius 2 is 1.78 bits per heavy atom. The van der Waals surface area contributed by atoms with Crippen molar-refractivity contribution in [1.29, 1.82) is 5.26 Å². The molecular formula is C22H30N4O. The Balaban J connectivity index is 1.62. The van der Waals surface area contributed by atoms with Crippen molar-refractivity contribution in [1.82, 2.24) is 9.80 Å². The van der Waals surface area contributed by atoms with Crippen LogP contribution in [0, 0.1) is 31.1 Å². The molecule has 2 heterocycles. The normalized spacial score (nSPS) is 19.2. The molecule has 2 saturated heterocycles. The van der Waals surface area contributed by atoms with Crippen molar-refractivity contribution in [3.63, 3.8) is 0 Å². The van der Waals surface area contributed by atoms with Gasteiger partial charge in [0.25, 0.3) is 5.91 Å². The van der Waals surface area contributed by atoms with E-state index in [0.717, 1.165) is 52.1 Å². The minimum Gasteiger partial charge on any atom is -0.373 e. The molecule has 5 heteroatoms. The summed E-state index contributed by atoms with van der Waals surface area (Å²) in [5.41, 5.74) is 4.19. The zero-order chi connectivity index (χ0) is 19.4. The van der Waals surface area contributed by atoms with Gasteiger partial charge < -0.3 is 14.7 Å². The average molecular weight is 367 g/mol. The highest BCUT2D eigenvalue weighted by atomic mass is 16.2. The van der Waals surface area contributed by atoms with Gasteiger partial charge in [-0.2, -0.15) is 5.26 Å². The zero-order valence-electron chi connectivity index (χ0n) is 16.7. The number of benzene rings is 1. The molecule has 0 bridgehead atoms. The molecule has 2 aliphatic rings. The average Bonchev–Trinajstić information content (AvgIpc) is 2.69. The van der Waals surface area contributed by atoms with Crippen LogP contribution in [0.3, 0.4) is 0 Å². The molecule has 27 heavy (non-hydrogen) atoms. The fourth-order valence-electron chi connectivity index (χ4n) is 3.87. The van der Waals surface area contributed by atoms with Gasteiger partial charge in [-0.15, -0.1) is 0 Å². The molecule has 1 aromatic rings. The summed E-state index contributed by atoms with van der Waals surface area (Å²) in [7, 11) is 0. The summed E-state index contributed by atoms with van der Waals surface area (Å²) >= 11 is 0. The van der Waals surface area contributed by atoms with Gasteiger partial charge in [0.05, 0.1) is 0 Å². The minimum atomic E-state index is -0.110. The van der Waals surface area contributed by atoms with Crippen LogP contribution in [0.25, 0.3) is 0 Å². The first-order chi connectivity index (χ1) is 13.0. The SMILES string of the molecule is Cc1cccc(N2CCN(/C=C(/C#N)C(=O)N3CCC(C)CC3)CC2)c1C. The van der Waals surface area contributed by atoms with E-state index in [1.54, 1.807) is 6.20 Å². The lowest BCUT2D eigenvalue weighted by Gasteiger charge is -2.37. The lowest BCUT2D eigenvalue weighted by atomic mass is 9.99. The summed E-state index contributed by atoms with van der Waals surface area (Å²) in [6.45, 7) is 11.5. The van der Waals surface area contributed by atoms with Crippen molar-refractivity contribution >= 4 is 11.6 Å². The lowest BCUT2D eigenvalue weighted by Crippen LogP contribution is -2.45. The summed E-state index contributed by atoms with van der Waals surface area (Å²) in [6.07, 6.45) is 3.83. The molecule has 0 atom stereocenters. The van der Waals surface area contributed by atoms with Gasteiger partial charge in [-0.25, -0.2) is 0 Å². The van der Waals surface area contributed by atoms with Gasteiger partial charge in [-0.1, -0.05) is 19.1 Å². The van der Waals surface area contributed by atoms with Crippen LogP contribution in [0.1, 0.15) is 30.9 Å². The first-order valence-electron chi connectivity index (χ1n) is 9.96. The predicted octanol–water partition coefficient (Wildman–Crippen LogP) is 3.09. The number of hydrogen-bond donors (Lipinski definition) is 0.